The van der Waals surface area contributed by atoms with Crippen LogP contribution in [-0.4, -0.2) is 23.7 Å². The van der Waals surface area contributed by atoms with Crippen LogP contribution in [0.3, 0.4) is 0 Å². The first-order valence-corrected chi connectivity index (χ1v) is 9.30. The second-order valence-corrected chi connectivity index (χ2v) is 6.97. The van der Waals surface area contributed by atoms with Gasteiger partial charge < -0.3 is 5.32 Å². The van der Waals surface area contributed by atoms with Crippen LogP contribution in [0.4, 0.5) is 0 Å². The van der Waals surface area contributed by atoms with E-state index >= 15 is 0 Å². The van der Waals surface area contributed by atoms with E-state index in [1.807, 2.05) is 43.3 Å². The summed E-state index contributed by atoms with van der Waals surface area (Å²) >= 11 is 1.36. The van der Waals surface area contributed by atoms with Crippen molar-refractivity contribution >= 4 is 23.0 Å². The molecule has 0 aliphatic rings. The predicted octanol–water partition coefficient (Wildman–Crippen LogP) is 4.30. The lowest BCUT2D eigenvalue weighted by Gasteiger charge is -2.14. The summed E-state index contributed by atoms with van der Waals surface area (Å²) in [6.07, 6.45) is 2.42. The second kappa shape index (κ2) is 8.54. The van der Waals surface area contributed by atoms with Crippen LogP contribution in [0, 0.1) is 0 Å². The number of nitrogens with one attached hydrogen (secondary N) is 1. The summed E-state index contributed by atoms with van der Waals surface area (Å²) in [5, 5.41) is 3.40. The molecule has 0 saturated carbocycles. The minimum absolute atomic E-state index is 0.00551. The van der Waals surface area contributed by atoms with E-state index in [0.29, 0.717) is 4.88 Å². The third kappa shape index (κ3) is 4.43. The second-order valence-electron chi connectivity index (χ2n) is 5.94. The average molecular weight is 363 g/mol. The van der Waals surface area contributed by atoms with Crippen molar-refractivity contribution in [2.75, 3.05) is 7.05 Å². The van der Waals surface area contributed by atoms with E-state index in [2.05, 4.69) is 34.6 Å². The Kier molecular flexibility index (Phi) is 5.92. The van der Waals surface area contributed by atoms with E-state index in [1.54, 1.807) is 13.2 Å². The lowest BCUT2D eigenvalue weighted by atomic mass is 9.99. The molecule has 132 valence electrons. The first-order chi connectivity index (χ1) is 12.7. The standard InChI is InChI=1S/C21H21N3OS/c1-15(21-23-14-19(26-21)20(25)22-2)24-18(17-11-7-4-8-12-17)13-16-9-5-3-6-10-16/h3-12,14,18H,13H2,1-2H3,(H,22,25). The molecule has 1 atom stereocenters. The summed E-state index contributed by atoms with van der Waals surface area (Å²) in [5.41, 5.74) is 3.25. The average Bonchev–Trinajstić information content (AvgIpc) is 3.19. The lowest BCUT2D eigenvalue weighted by molar-refractivity contribution is 0.0967. The molecule has 3 aromatic rings. The number of hydrogen-bond donors (Lipinski definition) is 1. The van der Waals surface area contributed by atoms with Crippen LogP contribution < -0.4 is 5.32 Å². The maximum absolute atomic E-state index is 11.8. The zero-order valence-electron chi connectivity index (χ0n) is 14.8. The summed E-state index contributed by atoms with van der Waals surface area (Å²) in [5.74, 6) is -0.120. The van der Waals surface area contributed by atoms with Crippen molar-refractivity contribution in [2.45, 2.75) is 19.4 Å². The Morgan fingerprint density at radius 3 is 2.42 bits per heavy atom. The Morgan fingerprint density at radius 2 is 1.77 bits per heavy atom. The number of nitrogens with zero attached hydrogens (tertiary/aromatic N) is 2. The van der Waals surface area contributed by atoms with Crippen LogP contribution in [0.5, 0.6) is 0 Å². The Labute approximate surface area is 157 Å². The molecular weight excluding hydrogens is 342 g/mol. The summed E-state index contributed by atoms with van der Waals surface area (Å²) in [7, 11) is 1.62. The molecule has 0 aliphatic heterocycles. The highest BCUT2D eigenvalue weighted by molar-refractivity contribution is 7.15. The normalized spacial score (nSPS) is 12.6. The third-order valence-corrected chi connectivity index (χ3v) is 5.18. The van der Waals surface area contributed by atoms with Gasteiger partial charge in [-0.15, -0.1) is 11.3 Å². The van der Waals surface area contributed by atoms with E-state index in [4.69, 9.17) is 4.99 Å². The van der Waals surface area contributed by atoms with Gasteiger partial charge in [0.15, 0.2) is 0 Å². The van der Waals surface area contributed by atoms with Gasteiger partial charge in [-0.25, -0.2) is 4.98 Å². The van der Waals surface area contributed by atoms with Crippen LogP contribution in [0.15, 0.2) is 71.9 Å². The highest BCUT2D eigenvalue weighted by atomic mass is 32.1. The molecule has 1 amide bonds. The van der Waals surface area contributed by atoms with E-state index in [1.165, 1.54) is 22.5 Å². The molecule has 1 unspecified atom stereocenters. The minimum Gasteiger partial charge on any atom is -0.354 e. The van der Waals surface area contributed by atoms with Gasteiger partial charge in [-0.1, -0.05) is 60.7 Å². The Bertz CT molecular complexity index is 888. The number of benzene rings is 2. The molecule has 0 fully saturated rings. The van der Waals surface area contributed by atoms with Crippen molar-refractivity contribution in [3.63, 3.8) is 0 Å². The molecule has 3 rings (SSSR count). The summed E-state index contributed by atoms with van der Waals surface area (Å²) in [6, 6.07) is 20.6. The van der Waals surface area contributed by atoms with Gasteiger partial charge in [-0.2, -0.15) is 0 Å². The van der Waals surface area contributed by atoms with E-state index in [9.17, 15) is 4.79 Å². The van der Waals surface area contributed by atoms with Crippen LogP contribution in [0.25, 0.3) is 0 Å². The van der Waals surface area contributed by atoms with Gasteiger partial charge in [-0.05, 0) is 24.5 Å². The summed E-state index contributed by atoms with van der Waals surface area (Å²) in [4.78, 5) is 21.7. The van der Waals surface area contributed by atoms with Crippen molar-refractivity contribution in [3.8, 4) is 0 Å². The van der Waals surface area contributed by atoms with Crippen LogP contribution in [-0.2, 0) is 6.42 Å². The van der Waals surface area contributed by atoms with Gasteiger partial charge in [0, 0.05) is 7.05 Å². The Hall–Kier alpha value is -2.79. The van der Waals surface area contributed by atoms with Crippen molar-refractivity contribution in [1.82, 2.24) is 10.3 Å². The topological polar surface area (TPSA) is 54.4 Å². The number of thiazole rings is 1. The predicted molar refractivity (Wildman–Crippen MR) is 107 cm³/mol. The fourth-order valence-electron chi connectivity index (χ4n) is 2.71. The van der Waals surface area contributed by atoms with Gasteiger partial charge in [0.1, 0.15) is 9.88 Å². The highest BCUT2D eigenvalue weighted by Crippen LogP contribution is 2.24. The molecular formula is C21H21N3OS. The molecule has 1 N–H and O–H groups in total. The first kappa shape index (κ1) is 18.0. The van der Waals surface area contributed by atoms with Gasteiger partial charge in [0.25, 0.3) is 5.91 Å². The number of carbonyl (C=O) groups is 1. The maximum atomic E-state index is 11.8. The van der Waals surface area contributed by atoms with Gasteiger partial charge in [-0.3, -0.25) is 9.79 Å². The van der Waals surface area contributed by atoms with Crippen LogP contribution >= 0.6 is 11.3 Å². The van der Waals surface area contributed by atoms with Gasteiger partial charge in [0.05, 0.1) is 18.0 Å². The van der Waals surface area contributed by atoms with Crippen molar-refractivity contribution in [2.24, 2.45) is 4.99 Å². The third-order valence-electron chi connectivity index (χ3n) is 4.07. The fraction of sp³-hybridized carbons (Fsp3) is 0.190. The molecule has 0 radical (unpaired) electrons. The molecule has 4 nitrogen and oxygen atoms in total. The Morgan fingerprint density at radius 1 is 1.12 bits per heavy atom. The van der Waals surface area contributed by atoms with E-state index in [0.717, 1.165) is 17.1 Å². The SMILES string of the molecule is CNC(=O)c1cnc(C(C)=NC(Cc2ccccc2)c2ccccc2)s1. The minimum atomic E-state index is -0.120. The fourth-order valence-corrected chi connectivity index (χ4v) is 3.52. The molecule has 5 heteroatoms. The quantitative estimate of drug-likeness (QED) is 0.664. The number of rotatable bonds is 6. The molecule has 0 bridgehead atoms. The zero-order chi connectivity index (χ0) is 18.4. The number of aromatic nitrogens is 1. The van der Waals surface area contributed by atoms with Crippen LogP contribution in [0.2, 0.25) is 0 Å². The van der Waals surface area contributed by atoms with E-state index in [-0.39, 0.29) is 11.9 Å². The summed E-state index contributed by atoms with van der Waals surface area (Å²) < 4.78 is 0. The van der Waals surface area contributed by atoms with Crippen molar-refractivity contribution < 1.29 is 4.79 Å². The lowest BCUT2D eigenvalue weighted by Crippen LogP contribution is -2.16. The highest BCUT2D eigenvalue weighted by Gasteiger charge is 2.15. The number of carbonyl (C=O) groups excluding carboxylic acids is 1. The monoisotopic (exact) mass is 363 g/mol. The summed E-state index contributed by atoms with van der Waals surface area (Å²) in [6.45, 7) is 1.95. The number of amides is 1. The molecule has 1 aromatic heterocycles. The van der Waals surface area contributed by atoms with Crippen molar-refractivity contribution in [3.05, 3.63) is 87.9 Å². The van der Waals surface area contributed by atoms with E-state index < -0.39 is 0 Å². The maximum Gasteiger partial charge on any atom is 0.262 e. The smallest absolute Gasteiger partial charge is 0.262 e. The molecule has 2 aromatic carbocycles. The largest absolute Gasteiger partial charge is 0.354 e. The number of hydrogen-bond acceptors (Lipinski definition) is 4. The molecule has 0 aliphatic carbocycles. The Balaban J connectivity index is 1.90. The molecule has 1 heterocycles. The number of aliphatic imine (C=N–C) groups is 1. The molecule has 0 saturated heterocycles. The van der Waals surface area contributed by atoms with Gasteiger partial charge >= 0.3 is 0 Å². The molecule has 0 spiro atoms. The molecule has 26 heavy (non-hydrogen) atoms. The van der Waals surface area contributed by atoms with Gasteiger partial charge in [0.2, 0.25) is 0 Å². The first-order valence-electron chi connectivity index (χ1n) is 8.49. The van der Waals surface area contributed by atoms with Crippen molar-refractivity contribution in [1.29, 1.82) is 0 Å². The zero-order valence-corrected chi connectivity index (χ0v) is 15.7. The van der Waals surface area contributed by atoms with Crippen LogP contribution in [0.1, 0.15) is 38.8 Å².